The maximum atomic E-state index is 4.21. The Morgan fingerprint density at radius 3 is 2.00 bits per heavy atom. The highest BCUT2D eigenvalue weighted by Gasteiger charge is 1.99. The van der Waals surface area contributed by atoms with Crippen LogP contribution in [0.1, 0.15) is 0 Å². The van der Waals surface area contributed by atoms with Crippen LogP contribution in [0.15, 0.2) is 87.0 Å². The highest BCUT2D eigenvalue weighted by atomic mass is 79.9. The molecule has 162 valence electrons. The van der Waals surface area contributed by atoms with Crippen LogP contribution >= 0.6 is 47.8 Å². The van der Waals surface area contributed by atoms with Gasteiger partial charge in [0, 0.05) is 27.5 Å². The molecule has 0 saturated heterocycles. The standard InChI is InChI=1S/2C8H7BrN2.C7H5BrN2/c1-11-5-10-7-4-6(9)2-3-8(7)11;1-11-5-10-7-3-2-6(9)4-8(7)11;8-5-1-2-6-7(3-5)10-4-9-6/h2*2-5H,1H3;1-4H,(H,9,10). The zero-order valence-corrected chi connectivity index (χ0v) is 22.1. The number of fused-ring (bicyclic) bond motifs is 3. The van der Waals surface area contributed by atoms with Gasteiger partial charge in [0.15, 0.2) is 0 Å². The smallest absolute Gasteiger partial charge is 0.0955 e. The fraction of sp³-hybridized carbons (Fsp3) is 0.0870. The number of hydrogen-bond acceptors (Lipinski definition) is 3. The molecular weight excluding hydrogens is 600 g/mol. The monoisotopic (exact) mass is 616 g/mol. The van der Waals surface area contributed by atoms with Gasteiger partial charge in [-0.2, -0.15) is 0 Å². The lowest BCUT2D eigenvalue weighted by Crippen LogP contribution is -1.82. The van der Waals surface area contributed by atoms with E-state index >= 15 is 0 Å². The molecule has 6 nitrogen and oxygen atoms in total. The normalized spacial score (nSPS) is 10.7. The Morgan fingerprint density at radius 1 is 0.625 bits per heavy atom. The summed E-state index contributed by atoms with van der Waals surface area (Å²) in [5, 5.41) is 0. The summed E-state index contributed by atoms with van der Waals surface area (Å²) >= 11 is 10.2. The molecule has 0 atom stereocenters. The van der Waals surface area contributed by atoms with Crippen molar-refractivity contribution >= 4 is 80.9 Å². The Kier molecular flexibility index (Phi) is 7.07. The van der Waals surface area contributed by atoms with E-state index in [1.165, 1.54) is 0 Å². The van der Waals surface area contributed by atoms with Gasteiger partial charge in [0.1, 0.15) is 0 Å². The predicted molar refractivity (Wildman–Crippen MR) is 141 cm³/mol. The second kappa shape index (κ2) is 9.97. The summed E-state index contributed by atoms with van der Waals surface area (Å²) in [5.74, 6) is 0. The Morgan fingerprint density at radius 2 is 1.22 bits per heavy atom. The minimum atomic E-state index is 1.00. The van der Waals surface area contributed by atoms with Crippen molar-refractivity contribution in [3.05, 3.63) is 87.0 Å². The summed E-state index contributed by atoms with van der Waals surface area (Å²) < 4.78 is 7.24. The number of hydrogen-bond donors (Lipinski definition) is 1. The SMILES string of the molecule is Brc1ccc2nc[nH]c2c1.Cn1cnc2cc(Br)ccc21.Cn1cnc2ccc(Br)cc21. The Bertz CT molecular complexity index is 1500. The van der Waals surface area contributed by atoms with Gasteiger partial charge in [-0.25, -0.2) is 15.0 Å². The molecule has 3 aromatic heterocycles. The molecule has 3 heterocycles. The molecule has 0 radical (unpaired) electrons. The topological polar surface area (TPSA) is 64.3 Å². The van der Waals surface area contributed by atoms with Gasteiger partial charge < -0.3 is 14.1 Å². The lowest BCUT2D eigenvalue weighted by Gasteiger charge is -1.93. The quantitative estimate of drug-likeness (QED) is 0.199. The molecule has 0 spiro atoms. The number of aromatic amines is 1. The van der Waals surface area contributed by atoms with Crippen LogP contribution in [0, 0.1) is 0 Å². The van der Waals surface area contributed by atoms with Crippen LogP contribution in [0.2, 0.25) is 0 Å². The van der Waals surface area contributed by atoms with Crippen molar-refractivity contribution in [1.82, 2.24) is 29.1 Å². The van der Waals surface area contributed by atoms with Crippen LogP contribution in [-0.2, 0) is 14.1 Å². The zero-order valence-electron chi connectivity index (χ0n) is 17.3. The fourth-order valence-electron chi connectivity index (χ4n) is 3.12. The van der Waals surface area contributed by atoms with E-state index in [1.807, 2.05) is 84.4 Å². The average Bonchev–Trinajstić information content (AvgIpc) is 3.48. The highest BCUT2D eigenvalue weighted by Crippen LogP contribution is 2.18. The number of nitrogens with one attached hydrogen (secondary N) is 1. The summed E-state index contributed by atoms with van der Waals surface area (Å²) in [6.45, 7) is 0. The molecule has 0 unspecified atom stereocenters. The third-order valence-corrected chi connectivity index (χ3v) is 6.24. The summed E-state index contributed by atoms with van der Waals surface area (Å²) in [7, 11) is 3.98. The molecule has 3 aromatic carbocycles. The van der Waals surface area contributed by atoms with E-state index in [4.69, 9.17) is 0 Å². The molecule has 32 heavy (non-hydrogen) atoms. The fourth-order valence-corrected chi connectivity index (χ4v) is 4.18. The van der Waals surface area contributed by atoms with Crippen molar-refractivity contribution in [2.75, 3.05) is 0 Å². The van der Waals surface area contributed by atoms with Gasteiger partial charge in [-0.3, -0.25) is 0 Å². The van der Waals surface area contributed by atoms with Crippen molar-refractivity contribution in [2.45, 2.75) is 0 Å². The van der Waals surface area contributed by atoms with E-state index in [0.717, 1.165) is 46.5 Å². The number of halogens is 3. The van der Waals surface area contributed by atoms with Gasteiger partial charge in [-0.05, 0) is 54.6 Å². The number of aryl methyl sites for hydroxylation is 2. The second-order valence-corrected chi connectivity index (χ2v) is 9.79. The minimum absolute atomic E-state index is 1.00. The molecule has 0 aliphatic heterocycles. The number of aromatic nitrogens is 6. The first-order chi connectivity index (χ1) is 15.4. The summed E-state index contributed by atoms with van der Waals surface area (Å²) in [6, 6.07) is 18.1. The van der Waals surface area contributed by atoms with Gasteiger partial charge in [0.05, 0.1) is 52.1 Å². The van der Waals surface area contributed by atoms with Crippen LogP contribution in [0.4, 0.5) is 0 Å². The molecule has 1 N–H and O–H groups in total. The first kappa shape index (κ1) is 22.7. The average molecular weight is 619 g/mol. The molecule has 0 saturated carbocycles. The maximum absolute atomic E-state index is 4.21. The van der Waals surface area contributed by atoms with Crippen molar-refractivity contribution < 1.29 is 0 Å². The molecule has 9 heteroatoms. The van der Waals surface area contributed by atoms with E-state index < -0.39 is 0 Å². The lowest BCUT2D eigenvalue weighted by atomic mass is 10.3. The van der Waals surface area contributed by atoms with E-state index in [2.05, 4.69) is 73.8 Å². The summed E-state index contributed by atoms with van der Waals surface area (Å²) in [4.78, 5) is 15.5. The van der Waals surface area contributed by atoms with Gasteiger partial charge in [-0.15, -0.1) is 0 Å². The number of rotatable bonds is 0. The second-order valence-electron chi connectivity index (χ2n) is 7.04. The summed E-state index contributed by atoms with van der Waals surface area (Å²) in [5.41, 5.74) is 6.45. The molecule has 6 rings (SSSR count). The molecule has 0 bridgehead atoms. The van der Waals surface area contributed by atoms with E-state index in [0.29, 0.717) is 0 Å². The largest absolute Gasteiger partial charge is 0.345 e. The Labute approximate surface area is 210 Å². The molecule has 6 aromatic rings. The Hall–Kier alpha value is -2.49. The van der Waals surface area contributed by atoms with E-state index in [9.17, 15) is 0 Å². The third kappa shape index (κ3) is 5.28. The van der Waals surface area contributed by atoms with Crippen LogP contribution in [0.25, 0.3) is 33.1 Å². The molecule has 0 aliphatic rings. The minimum Gasteiger partial charge on any atom is -0.345 e. The molecular formula is C23H19Br3N6. The van der Waals surface area contributed by atoms with Crippen LogP contribution < -0.4 is 0 Å². The van der Waals surface area contributed by atoms with Crippen LogP contribution in [-0.4, -0.2) is 29.1 Å². The van der Waals surface area contributed by atoms with Crippen molar-refractivity contribution in [3.8, 4) is 0 Å². The number of benzene rings is 3. The lowest BCUT2D eigenvalue weighted by molar-refractivity contribution is 0.947. The highest BCUT2D eigenvalue weighted by molar-refractivity contribution is 9.11. The third-order valence-electron chi connectivity index (χ3n) is 4.76. The summed E-state index contributed by atoms with van der Waals surface area (Å²) in [6.07, 6.45) is 5.32. The zero-order chi connectivity index (χ0) is 22.7. The number of imidazole rings is 3. The van der Waals surface area contributed by atoms with Gasteiger partial charge in [0.25, 0.3) is 0 Å². The van der Waals surface area contributed by atoms with Crippen molar-refractivity contribution in [3.63, 3.8) is 0 Å². The van der Waals surface area contributed by atoms with Crippen molar-refractivity contribution in [2.24, 2.45) is 14.1 Å². The molecule has 0 aliphatic carbocycles. The Balaban J connectivity index is 0.000000115. The molecule has 0 fully saturated rings. The molecule has 0 amide bonds. The van der Waals surface area contributed by atoms with Crippen LogP contribution in [0.5, 0.6) is 0 Å². The first-order valence-electron chi connectivity index (χ1n) is 9.62. The van der Waals surface area contributed by atoms with Gasteiger partial charge in [-0.1, -0.05) is 47.8 Å². The van der Waals surface area contributed by atoms with Gasteiger partial charge in [0.2, 0.25) is 0 Å². The van der Waals surface area contributed by atoms with E-state index in [-0.39, 0.29) is 0 Å². The first-order valence-corrected chi connectivity index (χ1v) is 12.0. The van der Waals surface area contributed by atoms with Gasteiger partial charge >= 0.3 is 0 Å². The maximum Gasteiger partial charge on any atom is 0.0955 e. The predicted octanol–water partition coefficient (Wildman–Crippen LogP) is 7.00. The van der Waals surface area contributed by atoms with Crippen LogP contribution in [0.3, 0.4) is 0 Å². The number of H-pyrrole nitrogens is 1. The van der Waals surface area contributed by atoms with Crippen molar-refractivity contribution in [1.29, 1.82) is 0 Å². The van der Waals surface area contributed by atoms with E-state index in [1.54, 1.807) is 6.33 Å². The number of nitrogens with zero attached hydrogens (tertiary/aromatic N) is 5.